The summed E-state index contributed by atoms with van der Waals surface area (Å²) in [5.41, 5.74) is 13.0. The van der Waals surface area contributed by atoms with Crippen LogP contribution in [0.5, 0.6) is 0 Å². The van der Waals surface area contributed by atoms with E-state index in [1.54, 1.807) is 0 Å². The molecule has 0 saturated carbocycles. The number of hydrogen-bond donors (Lipinski definition) is 0. The first-order valence-electron chi connectivity index (χ1n) is 18.0. The van der Waals surface area contributed by atoms with Crippen molar-refractivity contribution in [3.8, 4) is 22.3 Å². The van der Waals surface area contributed by atoms with Crippen LogP contribution < -0.4 is 4.90 Å². The van der Waals surface area contributed by atoms with Gasteiger partial charge in [-0.25, -0.2) is 0 Å². The van der Waals surface area contributed by atoms with Gasteiger partial charge in [0.05, 0.1) is 16.8 Å². The molecule has 10 rings (SSSR count). The highest BCUT2D eigenvalue weighted by molar-refractivity contribution is 6.04. The molecular formula is C51H35N. The molecule has 1 aliphatic carbocycles. The highest BCUT2D eigenvalue weighted by atomic mass is 15.1. The monoisotopic (exact) mass is 661 g/mol. The summed E-state index contributed by atoms with van der Waals surface area (Å²) < 4.78 is 0. The lowest BCUT2D eigenvalue weighted by atomic mass is 9.68. The smallest absolute Gasteiger partial charge is 0.0714 e. The Morgan fingerprint density at radius 1 is 0.346 bits per heavy atom. The summed E-state index contributed by atoms with van der Waals surface area (Å²) in [6, 6.07) is 77.8. The summed E-state index contributed by atoms with van der Waals surface area (Å²) in [6.07, 6.45) is 0. The highest BCUT2D eigenvalue weighted by Crippen LogP contribution is 2.59. The Balaban J connectivity index is 1.29. The second-order valence-electron chi connectivity index (χ2n) is 13.6. The summed E-state index contributed by atoms with van der Waals surface area (Å²) >= 11 is 0. The van der Waals surface area contributed by atoms with Crippen LogP contribution in [0.4, 0.5) is 17.1 Å². The van der Waals surface area contributed by atoms with Crippen LogP contribution >= 0.6 is 0 Å². The molecule has 0 atom stereocenters. The molecule has 0 aliphatic heterocycles. The van der Waals surface area contributed by atoms with E-state index in [2.05, 4.69) is 217 Å². The molecule has 0 bridgehead atoms. The quantitative estimate of drug-likeness (QED) is 0.171. The largest absolute Gasteiger partial charge is 0.309 e. The highest BCUT2D eigenvalue weighted by Gasteiger charge is 2.47. The van der Waals surface area contributed by atoms with Crippen molar-refractivity contribution in [1.82, 2.24) is 0 Å². The van der Waals surface area contributed by atoms with E-state index in [1.165, 1.54) is 66.1 Å². The van der Waals surface area contributed by atoms with Crippen LogP contribution in [0.15, 0.2) is 212 Å². The third-order valence-electron chi connectivity index (χ3n) is 10.9. The third kappa shape index (κ3) is 4.56. The first kappa shape index (κ1) is 30.2. The maximum absolute atomic E-state index is 2.50. The molecule has 0 saturated heterocycles. The van der Waals surface area contributed by atoms with E-state index in [9.17, 15) is 0 Å². The minimum Gasteiger partial charge on any atom is -0.309 e. The zero-order valence-electron chi connectivity index (χ0n) is 28.7. The fraction of sp³-hybridized carbons (Fsp3) is 0.0196. The first-order valence-corrected chi connectivity index (χ1v) is 18.0. The number of rotatable bonds is 6. The fourth-order valence-corrected chi connectivity index (χ4v) is 8.76. The lowest BCUT2D eigenvalue weighted by molar-refractivity contribution is 0.768. The van der Waals surface area contributed by atoms with E-state index in [0.29, 0.717) is 0 Å². The Bertz CT molecular complexity index is 2690. The van der Waals surface area contributed by atoms with Crippen LogP contribution in [0.25, 0.3) is 43.8 Å². The number of benzene rings is 9. The lowest BCUT2D eigenvalue weighted by Gasteiger charge is -2.34. The standard InChI is InChI=1S/C51H35N/c1-3-22-39(23-4-1)51(40-24-5-2-6-25-40)46-31-12-11-29-45(46)50-47(51)32-16-34-49(50)52(48-33-15-20-37-18-8-10-28-44(37)48)41-26-13-21-38(35-41)43-30-14-19-36-17-7-9-27-42(36)43/h1-35H. The van der Waals surface area contributed by atoms with Crippen molar-refractivity contribution < 1.29 is 0 Å². The van der Waals surface area contributed by atoms with E-state index >= 15 is 0 Å². The van der Waals surface area contributed by atoms with Crippen LogP contribution in [0.2, 0.25) is 0 Å². The van der Waals surface area contributed by atoms with E-state index in [1.807, 2.05) is 0 Å². The maximum Gasteiger partial charge on any atom is 0.0714 e. The Hall–Kier alpha value is -6.70. The molecule has 0 aromatic heterocycles. The predicted octanol–water partition coefficient (Wildman–Crippen LogP) is 13.5. The summed E-state index contributed by atoms with van der Waals surface area (Å²) in [6.45, 7) is 0. The number of nitrogens with zero attached hydrogens (tertiary/aromatic N) is 1. The van der Waals surface area contributed by atoms with Crippen molar-refractivity contribution in [3.63, 3.8) is 0 Å². The van der Waals surface area contributed by atoms with Crippen LogP contribution in [0, 0.1) is 0 Å². The minimum atomic E-state index is -0.486. The van der Waals surface area contributed by atoms with Gasteiger partial charge in [0, 0.05) is 16.6 Å². The van der Waals surface area contributed by atoms with Gasteiger partial charge in [0.2, 0.25) is 0 Å². The second kappa shape index (κ2) is 12.3. The van der Waals surface area contributed by atoms with Gasteiger partial charge in [-0.1, -0.05) is 188 Å². The van der Waals surface area contributed by atoms with Crippen molar-refractivity contribution in [2.24, 2.45) is 0 Å². The normalized spacial score (nSPS) is 12.8. The van der Waals surface area contributed by atoms with Gasteiger partial charge in [-0.05, 0) is 79.4 Å². The molecule has 9 aromatic carbocycles. The minimum absolute atomic E-state index is 0.486. The molecule has 1 heteroatoms. The van der Waals surface area contributed by atoms with Gasteiger partial charge in [0.25, 0.3) is 0 Å². The zero-order valence-corrected chi connectivity index (χ0v) is 28.7. The topological polar surface area (TPSA) is 3.24 Å². The molecule has 52 heavy (non-hydrogen) atoms. The summed E-state index contributed by atoms with van der Waals surface area (Å²) in [5, 5.41) is 4.92. The Morgan fingerprint density at radius 2 is 0.865 bits per heavy atom. The van der Waals surface area contributed by atoms with Gasteiger partial charge in [0.15, 0.2) is 0 Å². The number of fused-ring (bicyclic) bond motifs is 5. The van der Waals surface area contributed by atoms with Crippen molar-refractivity contribution in [2.75, 3.05) is 4.90 Å². The molecule has 1 nitrogen and oxygen atoms in total. The average molecular weight is 662 g/mol. The molecule has 0 amide bonds. The molecular weight excluding hydrogens is 627 g/mol. The summed E-state index contributed by atoms with van der Waals surface area (Å²) in [7, 11) is 0. The van der Waals surface area contributed by atoms with Crippen molar-refractivity contribution in [3.05, 3.63) is 235 Å². The van der Waals surface area contributed by atoms with E-state index in [0.717, 1.165) is 17.1 Å². The molecule has 0 N–H and O–H groups in total. The molecule has 0 radical (unpaired) electrons. The third-order valence-corrected chi connectivity index (χ3v) is 10.9. The summed E-state index contributed by atoms with van der Waals surface area (Å²) in [4.78, 5) is 2.50. The van der Waals surface area contributed by atoms with Crippen molar-refractivity contribution >= 4 is 38.6 Å². The van der Waals surface area contributed by atoms with Gasteiger partial charge in [-0.15, -0.1) is 0 Å². The second-order valence-corrected chi connectivity index (χ2v) is 13.6. The molecule has 244 valence electrons. The van der Waals surface area contributed by atoms with Crippen LogP contribution in [-0.4, -0.2) is 0 Å². The predicted molar refractivity (Wildman–Crippen MR) is 219 cm³/mol. The average Bonchev–Trinajstić information content (AvgIpc) is 3.53. The van der Waals surface area contributed by atoms with E-state index in [4.69, 9.17) is 0 Å². The summed E-state index contributed by atoms with van der Waals surface area (Å²) in [5.74, 6) is 0. The number of anilines is 3. The van der Waals surface area contributed by atoms with Crippen molar-refractivity contribution in [1.29, 1.82) is 0 Å². The van der Waals surface area contributed by atoms with Crippen LogP contribution in [0.3, 0.4) is 0 Å². The molecule has 0 spiro atoms. The molecule has 0 unspecified atom stereocenters. The first-order chi connectivity index (χ1) is 25.8. The van der Waals surface area contributed by atoms with Gasteiger partial charge in [-0.3, -0.25) is 0 Å². The van der Waals surface area contributed by atoms with Gasteiger partial charge < -0.3 is 4.90 Å². The van der Waals surface area contributed by atoms with Crippen molar-refractivity contribution in [2.45, 2.75) is 5.41 Å². The Labute approximate surface area is 304 Å². The SMILES string of the molecule is c1ccc(C2(c3ccccc3)c3ccccc3-c3c(N(c4cccc(-c5cccc6ccccc56)c4)c4cccc5ccccc45)cccc32)cc1. The van der Waals surface area contributed by atoms with Crippen LogP contribution in [0.1, 0.15) is 22.3 Å². The van der Waals surface area contributed by atoms with E-state index < -0.39 is 5.41 Å². The lowest BCUT2D eigenvalue weighted by Crippen LogP contribution is -2.28. The Kier molecular flexibility index (Phi) is 7.11. The fourth-order valence-electron chi connectivity index (χ4n) is 8.76. The molecule has 9 aromatic rings. The molecule has 0 heterocycles. The van der Waals surface area contributed by atoms with Gasteiger partial charge in [-0.2, -0.15) is 0 Å². The zero-order chi connectivity index (χ0) is 34.5. The number of hydrogen-bond acceptors (Lipinski definition) is 1. The van der Waals surface area contributed by atoms with Gasteiger partial charge >= 0.3 is 0 Å². The maximum atomic E-state index is 2.50. The molecule has 0 fully saturated rings. The van der Waals surface area contributed by atoms with Gasteiger partial charge in [0.1, 0.15) is 0 Å². The molecule has 1 aliphatic rings. The van der Waals surface area contributed by atoms with E-state index in [-0.39, 0.29) is 0 Å². The van der Waals surface area contributed by atoms with Crippen LogP contribution in [-0.2, 0) is 5.41 Å². The Morgan fingerprint density at radius 3 is 1.63 bits per heavy atom.